The Balaban J connectivity index is 2.45. The molecule has 0 spiro atoms. The van der Waals surface area contributed by atoms with Gasteiger partial charge in [-0.1, -0.05) is 66.5 Å². The SMILES string of the molecule is CC[C@H](C(=O)NC)N(Cc1ccccc1)C(=O)CN(c1cccc(Cl)c1Cl)S(C)(=O)=O. The predicted octanol–water partition coefficient (Wildman–Crippen LogP) is 3.31. The minimum Gasteiger partial charge on any atom is -0.357 e. The molecule has 10 heteroatoms. The number of hydrogen-bond donors (Lipinski definition) is 1. The van der Waals surface area contributed by atoms with Gasteiger partial charge in [0.05, 0.1) is 22.0 Å². The van der Waals surface area contributed by atoms with Crippen LogP contribution in [0.1, 0.15) is 18.9 Å². The second kappa shape index (κ2) is 10.8. The number of halogens is 2. The Morgan fingerprint density at radius 2 is 1.71 bits per heavy atom. The molecule has 0 bridgehead atoms. The number of hydrogen-bond acceptors (Lipinski definition) is 4. The van der Waals surface area contributed by atoms with Crippen LogP contribution in [0.3, 0.4) is 0 Å². The van der Waals surface area contributed by atoms with Crippen LogP contribution in [0, 0.1) is 0 Å². The normalized spacial score (nSPS) is 12.2. The molecule has 0 fully saturated rings. The first-order valence-corrected chi connectivity index (χ1v) is 12.2. The minimum absolute atomic E-state index is 0.0235. The van der Waals surface area contributed by atoms with Gasteiger partial charge in [0, 0.05) is 13.6 Å². The molecule has 2 rings (SSSR count). The molecule has 2 amide bonds. The van der Waals surface area contributed by atoms with Gasteiger partial charge in [-0.15, -0.1) is 0 Å². The van der Waals surface area contributed by atoms with Crippen LogP contribution in [0.5, 0.6) is 0 Å². The molecule has 0 unspecified atom stereocenters. The lowest BCUT2D eigenvalue weighted by Gasteiger charge is -2.32. The van der Waals surface area contributed by atoms with Crippen molar-refractivity contribution in [3.63, 3.8) is 0 Å². The number of carbonyl (C=O) groups is 2. The van der Waals surface area contributed by atoms with Gasteiger partial charge in [-0.25, -0.2) is 8.42 Å². The number of nitrogens with zero attached hydrogens (tertiary/aromatic N) is 2. The fraction of sp³-hybridized carbons (Fsp3) is 0.333. The molecule has 0 saturated heterocycles. The molecule has 168 valence electrons. The Morgan fingerprint density at radius 3 is 2.26 bits per heavy atom. The maximum atomic E-state index is 13.4. The van der Waals surface area contributed by atoms with Crippen molar-refractivity contribution in [2.24, 2.45) is 0 Å². The van der Waals surface area contributed by atoms with Gasteiger partial charge < -0.3 is 10.2 Å². The number of nitrogens with one attached hydrogen (secondary N) is 1. The zero-order valence-corrected chi connectivity index (χ0v) is 19.8. The van der Waals surface area contributed by atoms with Crippen molar-refractivity contribution in [1.29, 1.82) is 0 Å². The Labute approximate surface area is 193 Å². The fourth-order valence-corrected chi connectivity index (χ4v) is 4.45. The van der Waals surface area contributed by atoms with Gasteiger partial charge in [0.1, 0.15) is 12.6 Å². The summed E-state index contributed by atoms with van der Waals surface area (Å²) in [5.74, 6) is -0.876. The molecule has 0 aromatic heterocycles. The third-order valence-electron chi connectivity index (χ3n) is 4.71. The number of carbonyl (C=O) groups excluding carboxylic acids is 2. The van der Waals surface area contributed by atoms with Crippen LogP contribution >= 0.6 is 23.2 Å². The highest BCUT2D eigenvalue weighted by molar-refractivity contribution is 7.92. The van der Waals surface area contributed by atoms with Gasteiger partial charge in [0.15, 0.2) is 0 Å². The summed E-state index contributed by atoms with van der Waals surface area (Å²) in [6, 6.07) is 12.9. The van der Waals surface area contributed by atoms with E-state index in [0.29, 0.717) is 6.42 Å². The van der Waals surface area contributed by atoms with Crippen molar-refractivity contribution in [3.05, 3.63) is 64.1 Å². The largest absolute Gasteiger partial charge is 0.357 e. The van der Waals surface area contributed by atoms with Gasteiger partial charge in [0.2, 0.25) is 21.8 Å². The molecule has 0 aliphatic carbocycles. The van der Waals surface area contributed by atoms with Crippen LogP contribution in [0.15, 0.2) is 48.5 Å². The predicted molar refractivity (Wildman–Crippen MR) is 124 cm³/mol. The van der Waals surface area contributed by atoms with E-state index in [1.165, 1.54) is 24.1 Å². The topological polar surface area (TPSA) is 86.8 Å². The quantitative estimate of drug-likeness (QED) is 0.589. The van der Waals surface area contributed by atoms with Gasteiger partial charge in [-0.05, 0) is 24.1 Å². The van der Waals surface area contributed by atoms with Gasteiger partial charge >= 0.3 is 0 Å². The number of amides is 2. The zero-order chi connectivity index (χ0) is 23.2. The number of benzene rings is 2. The molecular weight excluding hydrogens is 461 g/mol. The molecule has 0 aliphatic heterocycles. The summed E-state index contributed by atoms with van der Waals surface area (Å²) >= 11 is 12.3. The van der Waals surface area contributed by atoms with Crippen molar-refractivity contribution in [1.82, 2.24) is 10.2 Å². The molecule has 0 heterocycles. The highest BCUT2D eigenvalue weighted by Crippen LogP contribution is 2.33. The Hall–Kier alpha value is -2.29. The molecule has 0 radical (unpaired) electrons. The first-order chi connectivity index (χ1) is 14.6. The van der Waals surface area contributed by atoms with Crippen LogP contribution in [-0.2, 0) is 26.2 Å². The average molecular weight is 486 g/mol. The van der Waals surface area contributed by atoms with E-state index in [2.05, 4.69) is 5.32 Å². The lowest BCUT2D eigenvalue weighted by molar-refractivity contribution is -0.140. The minimum atomic E-state index is -3.87. The van der Waals surface area contributed by atoms with Gasteiger partial charge in [-0.3, -0.25) is 13.9 Å². The first-order valence-electron chi connectivity index (χ1n) is 9.56. The first kappa shape index (κ1) is 25.0. The van der Waals surface area contributed by atoms with E-state index in [9.17, 15) is 18.0 Å². The molecule has 0 aliphatic rings. The second-order valence-electron chi connectivity index (χ2n) is 6.89. The maximum absolute atomic E-state index is 13.4. The summed E-state index contributed by atoms with van der Waals surface area (Å²) in [6.07, 6.45) is 1.34. The van der Waals surface area contributed by atoms with E-state index in [1.807, 2.05) is 30.3 Å². The summed E-state index contributed by atoms with van der Waals surface area (Å²) in [5.41, 5.74) is 0.905. The molecule has 1 N–H and O–H groups in total. The standard InChI is InChI=1S/C21H25Cl2N3O4S/c1-4-17(21(28)24-2)25(13-15-9-6-5-7-10-15)19(27)14-26(31(3,29)30)18-12-8-11-16(22)20(18)23/h5-12,17H,4,13-14H2,1-3H3,(H,24,28)/t17-/m1/s1. The van der Waals surface area contributed by atoms with Crippen molar-refractivity contribution in [2.75, 3.05) is 24.2 Å². The monoisotopic (exact) mass is 485 g/mol. The maximum Gasteiger partial charge on any atom is 0.244 e. The van der Waals surface area contributed by atoms with E-state index in [1.54, 1.807) is 13.0 Å². The van der Waals surface area contributed by atoms with Crippen LogP contribution < -0.4 is 9.62 Å². The van der Waals surface area contributed by atoms with Gasteiger partial charge in [0.25, 0.3) is 0 Å². The lowest BCUT2D eigenvalue weighted by Crippen LogP contribution is -2.51. The van der Waals surface area contributed by atoms with Crippen molar-refractivity contribution in [2.45, 2.75) is 25.9 Å². The third kappa shape index (κ3) is 6.35. The summed E-state index contributed by atoms with van der Waals surface area (Å²) in [6.45, 7) is 1.40. The molecule has 1 atom stereocenters. The average Bonchev–Trinajstić information content (AvgIpc) is 2.73. The molecule has 31 heavy (non-hydrogen) atoms. The van der Waals surface area contributed by atoms with Crippen molar-refractivity contribution < 1.29 is 18.0 Å². The van der Waals surface area contributed by atoms with E-state index >= 15 is 0 Å². The molecule has 2 aromatic rings. The van der Waals surface area contributed by atoms with E-state index < -0.39 is 28.5 Å². The number of rotatable bonds is 9. The van der Waals surface area contributed by atoms with Crippen LogP contribution in [-0.4, -0.2) is 51.0 Å². The Bertz CT molecular complexity index is 1030. The molecule has 7 nitrogen and oxygen atoms in total. The van der Waals surface area contributed by atoms with Crippen molar-refractivity contribution >= 4 is 50.7 Å². The summed E-state index contributed by atoms with van der Waals surface area (Å²) in [4.78, 5) is 27.2. The summed E-state index contributed by atoms with van der Waals surface area (Å²) in [7, 11) is -2.38. The van der Waals surface area contributed by atoms with Gasteiger partial charge in [-0.2, -0.15) is 0 Å². The molecule has 2 aromatic carbocycles. The van der Waals surface area contributed by atoms with Crippen LogP contribution in [0.2, 0.25) is 10.0 Å². The van der Waals surface area contributed by atoms with E-state index in [-0.39, 0.29) is 28.2 Å². The van der Waals surface area contributed by atoms with Crippen LogP contribution in [0.4, 0.5) is 5.69 Å². The second-order valence-corrected chi connectivity index (χ2v) is 9.58. The van der Waals surface area contributed by atoms with E-state index in [4.69, 9.17) is 23.2 Å². The number of anilines is 1. The number of likely N-dealkylation sites (N-methyl/N-ethyl adjacent to an activating group) is 1. The zero-order valence-electron chi connectivity index (χ0n) is 17.5. The Kier molecular flexibility index (Phi) is 8.73. The summed E-state index contributed by atoms with van der Waals surface area (Å²) in [5, 5.41) is 2.75. The third-order valence-corrected chi connectivity index (χ3v) is 6.64. The smallest absolute Gasteiger partial charge is 0.244 e. The summed E-state index contributed by atoms with van der Waals surface area (Å²) < 4.78 is 25.9. The highest BCUT2D eigenvalue weighted by atomic mass is 35.5. The molecule has 0 saturated carbocycles. The van der Waals surface area contributed by atoms with E-state index in [0.717, 1.165) is 16.1 Å². The Morgan fingerprint density at radius 1 is 1.06 bits per heavy atom. The van der Waals surface area contributed by atoms with Crippen molar-refractivity contribution in [3.8, 4) is 0 Å². The highest BCUT2D eigenvalue weighted by Gasteiger charge is 2.32. The fourth-order valence-electron chi connectivity index (χ4n) is 3.15. The molecular formula is C21H25Cl2N3O4S. The number of sulfonamides is 1. The van der Waals surface area contributed by atoms with Crippen LogP contribution in [0.25, 0.3) is 0 Å². The lowest BCUT2D eigenvalue weighted by atomic mass is 10.1.